The average molecular weight is 172 g/mol. The van der Waals surface area contributed by atoms with Crippen molar-refractivity contribution in [1.82, 2.24) is 4.98 Å². The molecule has 0 saturated heterocycles. The number of rotatable bonds is 2. The van der Waals surface area contributed by atoms with Crippen LogP contribution in [0.3, 0.4) is 0 Å². The molecule has 2 N–H and O–H groups in total. The number of pyridine rings is 1. The first-order valence-corrected chi connectivity index (χ1v) is 3.59. The van der Waals surface area contributed by atoms with E-state index in [9.17, 15) is 8.78 Å². The molecule has 0 atom stereocenters. The Hall–Kier alpha value is -1.03. The van der Waals surface area contributed by atoms with Gasteiger partial charge in [-0.15, -0.1) is 0 Å². The number of nitrogens with two attached hydrogens (primary N) is 1. The lowest BCUT2D eigenvalue weighted by molar-refractivity contribution is 0.146. The second-order valence-electron chi connectivity index (χ2n) is 2.55. The Labute approximate surface area is 69.4 Å². The van der Waals surface area contributed by atoms with Crippen LogP contribution in [0.2, 0.25) is 0 Å². The summed E-state index contributed by atoms with van der Waals surface area (Å²) in [5.41, 5.74) is 6.39. The molecule has 1 aromatic rings. The molecule has 0 aliphatic rings. The van der Waals surface area contributed by atoms with Crippen molar-refractivity contribution in [2.24, 2.45) is 5.73 Å². The van der Waals surface area contributed by atoms with E-state index in [1.54, 1.807) is 13.0 Å². The summed E-state index contributed by atoms with van der Waals surface area (Å²) in [6, 6.07) is 3.03. The van der Waals surface area contributed by atoms with Crippen LogP contribution in [0, 0.1) is 6.92 Å². The molecule has 66 valence electrons. The van der Waals surface area contributed by atoms with Gasteiger partial charge in [0.05, 0.1) is 0 Å². The van der Waals surface area contributed by atoms with Crippen LogP contribution in [0.5, 0.6) is 0 Å². The quantitative estimate of drug-likeness (QED) is 0.738. The number of aromatic nitrogens is 1. The van der Waals surface area contributed by atoms with E-state index in [1.807, 2.05) is 0 Å². The Balaban J connectivity index is 3.06. The lowest BCUT2D eigenvalue weighted by Crippen LogP contribution is -2.01. The van der Waals surface area contributed by atoms with Gasteiger partial charge in [0, 0.05) is 12.2 Å². The van der Waals surface area contributed by atoms with Crippen molar-refractivity contribution >= 4 is 0 Å². The van der Waals surface area contributed by atoms with Gasteiger partial charge in [-0.2, -0.15) is 0 Å². The molecule has 0 unspecified atom stereocenters. The average Bonchev–Trinajstić information content (AvgIpc) is 2.03. The van der Waals surface area contributed by atoms with Crippen molar-refractivity contribution in [3.63, 3.8) is 0 Å². The summed E-state index contributed by atoms with van der Waals surface area (Å²) < 4.78 is 24.3. The van der Waals surface area contributed by atoms with E-state index in [2.05, 4.69) is 4.98 Å². The molecule has 0 fully saturated rings. The van der Waals surface area contributed by atoms with Crippen LogP contribution in [-0.4, -0.2) is 4.98 Å². The van der Waals surface area contributed by atoms with Crippen molar-refractivity contribution in [3.05, 3.63) is 29.1 Å². The molecule has 1 heterocycles. The molecular weight excluding hydrogens is 162 g/mol. The molecule has 4 heteroatoms. The van der Waals surface area contributed by atoms with E-state index in [4.69, 9.17) is 5.73 Å². The van der Waals surface area contributed by atoms with Gasteiger partial charge in [-0.1, -0.05) is 0 Å². The first kappa shape index (κ1) is 9.06. The van der Waals surface area contributed by atoms with E-state index in [0.29, 0.717) is 11.3 Å². The van der Waals surface area contributed by atoms with Crippen molar-refractivity contribution in [2.75, 3.05) is 0 Å². The highest BCUT2D eigenvalue weighted by molar-refractivity contribution is 5.21. The minimum absolute atomic E-state index is 0.199. The fraction of sp³-hybridized carbons (Fsp3) is 0.375. The lowest BCUT2D eigenvalue weighted by atomic mass is 10.2. The fourth-order valence-corrected chi connectivity index (χ4v) is 0.998. The molecule has 0 radical (unpaired) electrons. The molecule has 12 heavy (non-hydrogen) atoms. The van der Waals surface area contributed by atoms with Crippen LogP contribution in [0.15, 0.2) is 12.1 Å². The first-order valence-electron chi connectivity index (χ1n) is 3.59. The first-order chi connectivity index (χ1) is 5.63. The van der Waals surface area contributed by atoms with Crippen LogP contribution in [-0.2, 0) is 6.54 Å². The molecule has 1 aromatic heterocycles. The molecule has 0 aliphatic carbocycles. The van der Waals surface area contributed by atoms with Gasteiger partial charge in [-0.25, -0.2) is 8.78 Å². The Morgan fingerprint density at radius 2 is 2.17 bits per heavy atom. The van der Waals surface area contributed by atoms with Crippen LogP contribution in [0.25, 0.3) is 0 Å². The normalized spacial score (nSPS) is 10.8. The number of nitrogens with zero attached hydrogens (tertiary/aromatic N) is 1. The third-order valence-corrected chi connectivity index (χ3v) is 1.49. The number of alkyl halides is 2. The van der Waals surface area contributed by atoms with Crippen LogP contribution >= 0.6 is 0 Å². The maximum atomic E-state index is 12.2. The van der Waals surface area contributed by atoms with E-state index in [0.717, 1.165) is 0 Å². The molecule has 0 saturated carbocycles. The van der Waals surface area contributed by atoms with E-state index < -0.39 is 6.43 Å². The van der Waals surface area contributed by atoms with Crippen LogP contribution in [0.4, 0.5) is 8.78 Å². The summed E-state index contributed by atoms with van der Waals surface area (Å²) in [5, 5.41) is 0. The molecule has 0 spiro atoms. The SMILES string of the molecule is Cc1cc(CN)cc(C(F)F)n1. The van der Waals surface area contributed by atoms with E-state index in [1.165, 1.54) is 6.07 Å². The molecule has 2 nitrogen and oxygen atoms in total. The Morgan fingerprint density at radius 3 is 2.67 bits per heavy atom. The molecule has 1 rings (SSSR count). The predicted octanol–water partition coefficient (Wildman–Crippen LogP) is 1.79. The molecule has 0 amide bonds. The highest BCUT2D eigenvalue weighted by atomic mass is 19.3. The van der Waals surface area contributed by atoms with Gasteiger partial charge in [-0.05, 0) is 24.6 Å². The maximum Gasteiger partial charge on any atom is 0.280 e. The zero-order valence-electron chi connectivity index (χ0n) is 6.72. The topological polar surface area (TPSA) is 38.9 Å². The summed E-state index contributed by atoms with van der Waals surface area (Å²) in [6.07, 6.45) is -2.52. The monoisotopic (exact) mass is 172 g/mol. The summed E-state index contributed by atoms with van der Waals surface area (Å²) >= 11 is 0. The predicted molar refractivity (Wildman–Crippen MR) is 41.8 cm³/mol. The Bertz CT molecular complexity index is 274. The van der Waals surface area contributed by atoms with Gasteiger partial charge < -0.3 is 5.73 Å². The van der Waals surface area contributed by atoms with E-state index >= 15 is 0 Å². The molecule has 0 aromatic carbocycles. The lowest BCUT2D eigenvalue weighted by Gasteiger charge is -2.03. The number of aryl methyl sites for hydroxylation is 1. The van der Waals surface area contributed by atoms with Gasteiger partial charge in [0.2, 0.25) is 0 Å². The number of hydrogen-bond acceptors (Lipinski definition) is 2. The number of halogens is 2. The second kappa shape index (κ2) is 3.58. The zero-order chi connectivity index (χ0) is 9.14. The Kier molecular flexibility index (Phi) is 2.70. The molecular formula is C8H10F2N2. The minimum Gasteiger partial charge on any atom is -0.326 e. The maximum absolute atomic E-state index is 12.2. The third-order valence-electron chi connectivity index (χ3n) is 1.49. The van der Waals surface area contributed by atoms with Gasteiger partial charge in [0.25, 0.3) is 6.43 Å². The fourth-order valence-electron chi connectivity index (χ4n) is 0.998. The molecule has 0 bridgehead atoms. The van der Waals surface area contributed by atoms with Crippen LogP contribution in [0.1, 0.15) is 23.4 Å². The standard InChI is InChI=1S/C8H10F2N2/c1-5-2-6(4-11)3-7(12-5)8(9)10/h2-3,8H,4,11H2,1H3. The van der Waals surface area contributed by atoms with Gasteiger partial charge in [-0.3, -0.25) is 4.98 Å². The Morgan fingerprint density at radius 1 is 1.50 bits per heavy atom. The largest absolute Gasteiger partial charge is 0.326 e. The second-order valence-corrected chi connectivity index (χ2v) is 2.55. The minimum atomic E-state index is -2.52. The van der Waals surface area contributed by atoms with Crippen molar-refractivity contribution in [1.29, 1.82) is 0 Å². The van der Waals surface area contributed by atoms with Gasteiger partial charge in [0.15, 0.2) is 0 Å². The van der Waals surface area contributed by atoms with E-state index in [-0.39, 0.29) is 12.2 Å². The summed E-state index contributed by atoms with van der Waals surface area (Å²) in [5.74, 6) is 0. The van der Waals surface area contributed by atoms with Crippen molar-refractivity contribution < 1.29 is 8.78 Å². The highest BCUT2D eigenvalue weighted by Gasteiger charge is 2.09. The zero-order valence-corrected chi connectivity index (χ0v) is 6.72. The molecule has 0 aliphatic heterocycles. The summed E-state index contributed by atoms with van der Waals surface area (Å²) in [6.45, 7) is 1.94. The van der Waals surface area contributed by atoms with Gasteiger partial charge >= 0.3 is 0 Å². The summed E-state index contributed by atoms with van der Waals surface area (Å²) in [7, 11) is 0. The highest BCUT2D eigenvalue weighted by Crippen LogP contribution is 2.17. The third kappa shape index (κ3) is 1.98. The van der Waals surface area contributed by atoms with Crippen molar-refractivity contribution in [2.45, 2.75) is 19.9 Å². The van der Waals surface area contributed by atoms with Crippen LogP contribution < -0.4 is 5.73 Å². The van der Waals surface area contributed by atoms with Crippen molar-refractivity contribution in [3.8, 4) is 0 Å². The van der Waals surface area contributed by atoms with Gasteiger partial charge in [0.1, 0.15) is 5.69 Å². The number of hydrogen-bond donors (Lipinski definition) is 1. The smallest absolute Gasteiger partial charge is 0.280 e. The summed E-state index contributed by atoms with van der Waals surface area (Å²) in [4.78, 5) is 3.68.